The molecule has 0 fully saturated rings. The van der Waals surface area contributed by atoms with E-state index in [0.717, 1.165) is 27.8 Å². The maximum Gasteiger partial charge on any atom is 0.0927 e. The molecule has 1 aromatic heterocycles. The Hall–Kier alpha value is -0.540. The normalized spacial score (nSPS) is 11.1. The van der Waals surface area contributed by atoms with E-state index in [2.05, 4.69) is 28.0 Å². The van der Waals surface area contributed by atoms with E-state index in [4.69, 9.17) is 11.6 Å². The number of benzene rings is 1. The molecule has 0 aliphatic heterocycles. The third-order valence-corrected chi connectivity index (χ3v) is 3.00. The van der Waals surface area contributed by atoms with E-state index in [1.54, 1.807) is 0 Å². The highest BCUT2D eigenvalue weighted by Gasteiger charge is 2.08. The van der Waals surface area contributed by atoms with E-state index in [-0.39, 0.29) is 0 Å². The van der Waals surface area contributed by atoms with Crippen molar-refractivity contribution in [2.24, 2.45) is 0 Å². The molecule has 2 nitrogen and oxygen atoms in total. The summed E-state index contributed by atoms with van der Waals surface area (Å²) >= 11 is 9.42. The predicted octanol–water partition coefficient (Wildman–Crippen LogP) is 3.60. The van der Waals surface area contributed by atoms with Gasteiger partial charge in [-0.2, -0.15) is 5.10 Å². The zero-order valence-electron chi connectivity index (χ0n) is 7.80. The lowest BCUT2D eigenvalue weighted by Crippen LogP contribution is -2.00. The molecule has 2 aromatic rings. The quantitative estimate of drug-likeness (QED) is 0.765. The summed E-state index contributed by atoms with van der Waals surface area (Å²) in [6.45, 7) is 2.97. The molecule has 0 saturated heterocycles. The highest BCUT2D eigenvalue weighted by molar-refractivity contribution is 9.08. The fraction of sp³-hybridized carbons (Fsp3) is 0.300. The molecule has 0 N–H and O–H groups in total. The summed E-state index contributed by atoms with van der Waals surface area (Å²) in [5.74, 6) is 0. The number of hydrogen-bond acceptors (Lipinski definition) is 1. The van der Waals surface area contributed by atoms with Crippen LogP contribution in [0.25, 0.3) is 10.9 Å². The Balaban J connectivity index is 2.74. The topological polar surface area (TPSA) is 17.8 Å². The summed E-state index contributed by atoms with van der Waals surface area (Å²) in [6, 6.07) is 5.79. The lowest BCUT2D eigenvalue weighted by Gasteiger charge is -1.99. The Morgan fingerprint density at radius 2 is 2.29 bits per heavy atom. The van der Waals surface area contributed by atoms with Crippen LogP contribution < -0.4 is 0 Å². The largest absolute Gasteiger partial charge is 0.268 e. The van der Waals surface area contributed by atoms with Crippen molar-refractivity contribution in [2.45, 2.75) is 18.8 Å². The molecule has 0 amide bonds. The van der Waals surface area contributed by atoms with E-state index >= 15 is 0 Å². The van der Waals surface area contributed by atoms with Gasteiger partial charge >= 0.3 is 0 Å². The van der Waals surface area contributed by atoms with Crippen LogP contribution in [0.1, 0.15) is 12.6 Å². The number of hydrogen-bond donors (Lipinski definition) is 0. The molecular weight excluding hydrogens is 263 g/mol. The van der Waals surface area contributed by atoms with E-state index in [1.807, 2.05) is 22.9 Å². The standard InChI is InChI=1S/C10H10BrClN2/c1-2-14-10(6-11)8-5-7(12)3-4-9(8)13-14/h3-5H,2,6H2,1H3. The Morgan fingerprint density at radius 1 is 1.50 bits per heavy atom. The first-order valence-corrected chi connectivity index (χ1v) is 5.97. The van der Waals surface area contributed by atoms with Gasteiger partial charge in [0.25, 0.3) is 0 Å². The third kappa shape index (κ3) is 1.55. The zero-order valence-corrected chi connectivity index (χ0v) is 10.1. The van der Waals surface area contributed by atoms with Crippen LogP contribution in [0.4, 0.5) is 0 Å². The molecule has 1 aromatic carbocycles. The SMILES string of the molecule is CCn1nc2ccc(Cl)cc2c1CBr. The molecular formula is C10H10BrClN2. The fourth-order valence-corrected chi connectivity index (χ4v) is 2.32. The van der Waals surface area contributed by atoms with E-state index < -0.39 is 0 Å². The molecule has 0 aliphatic rings. The van der Waals surface area contributed by atoms with Gasteiger partial charge < -0.3 is 0 Å². The molecule has 0 atom stereocenters. The first kappa shape index (κ1) is 9.99. The molecule has 74 valence electrons. The minimum Gasteiger partial charge on any atom is -0.268 e. The minimum absolute atomic E-state index is 0.760. The lowest BCUT2D eigenvalue weighted by molar-refractivity contribution is 0.645. The van der Waals surface area contributed by atoms with Gasteiger partial charge in [0.05, 0.1) is 11.2 Å². The highest BCUT2D eigenvalue weighted by atomic mass is 79.9. The second-order valence-corrected chi connectivity index (χ2v) is 4.05. The molecule has 14 heavy (non-hydrogen) atoms. The first-order chi connectivity index (χ1) is 6.76. The lowest BCUT2D eigenvalue weighted by atomic mass is 10.2. The number of nitrogens with zero attached hydrogens (tertiary/aromatic N) is 2. The fourth-order valence-electron chi connectivity index (χ4n) is 1.56. The summed E-state index contributed by atoms with van der Waals surface area (Å²) in [5, 5.41) is 7.17. The van der Waals surface area contributed by atoms with Gasteiger partial charge in [0.1, 0.15) is 0 Å². The van der Waals surface area contributed by atoms with Crippen LogP contribution >= 0.6 is 27.5 Å². The maximum atomic E-state index is 5.95. The monoisotopic (exact) mass is 272 g/mol. The second kappa shape index (κ2) is 3.91. The van der Waals surface area contributed by atoms with Crippen LogP contribution in [0.5, 0.6) is 0 Å². The van der Waals surface area contributed by atoms with Crippen LogP contribution in [-0.2, 0) is 11.9 Å². The Morgan fingerprint density at radius 3 is 2.93 bits per heavy atom. The van der Waals surface area contributed by atoms with Gasteiger partial charge in [-0.1, -0.05) is 27.5 Å². The zero-order chi connectivity index (χ0) is 10.1. The third-order valence-electron chi connectivity index (χ3n) is 2.24. The number of aromatic nitrogens is 2. The van der Waals surface area contributed by atoms with Crippen LogP contribution in [0.2, 0.25) is 5.02 Å². The van der Waals surface area contributed by atoms with Gasteiger partial charge in [-0.25, -0.2) is 0 Å². The smallest absolute Gasteiger partial charge is 0.0927 e. The molecule has 0 radical (unpaired) electrons. The molecule has 0 spiro atoms. The van der Waals surface area contributed by atoms with Crippen LogP contribution in [-0.4, -0.2) is 9.78 Å². The van der Waals surface area contributed by atoms with Crippen molar-refractivity contribution in [1.29, 1.82) is 0 Å². The van der Waals surface area contributed by atoms with Crippen LogP contribution in [0, 0.1) is 0 Å². The summed E-state index contributed by atoms with van der Waals surface area (Å²) in [5.41, 5.74) is 2.19. The summed E-state index contributed by atoms with van der Waals surface area (Å²) in [7, 11) is 0. The van der Waals surface area contributed by atoms with Gasteiger partial charge in [-0.3, -0.25) is 4.68 Å². The average Bonchev–Trinajstić information content (AvgIpc) is 2.54. The summed E-state index contributed by atoms with van der Waals surface area (Å²) in [6.07, 6.45) is 0. The molecule has 0 bridgehead atoms. The second-order valence-electron chi connectivity index (χ2n) is 3.06. The summed E-state index contributed by atoms with van der Waals surface area (Å²) in [4.78, 5) is 0. The average molecular weight is 274 g/mol. The first-order valence-electron chi connectivity index (χ1n) is 4.47. The van der Waals surface area contributed by atoms with Crippen molar-refractivity contribution in [3.8, 4) is 0 Å². The van der Waals surface area contributed by atoms with Gasteiger partial charge in [-0.05, 0) is 25.1 Å². The van der Waals surface area contributed by atoms with Gasteiger partial charge in [0, 0.05) is 22.3 Å². The van der Waals surface area contributed by atoms with Gasteiger partial charge in [0.15, 0.2) is 0 Å². The Bertz CT molecular complexity index is 464. The Kier molecular flexibility index (Phi) is 2.79. The van der Waals surface area contributed by atoms with Crippen molar-refractivity contribution in [3.05, 3.63) is 28.9 Å². The predicted molar refractivity (Wildman–Crippen MR) is 63.0 cm³/mol. The number of alkyl halides is 1. The number of rotatable bonds is 2. The molecule has 0 aliphatic carbocycles. The van der Waals surface area contributed by atoms with Crippen LogP contribution in [0.3, 0.4) is 0 Å². The molecule has 0 saturated carbocycles. The van der Waals surface area contributed by atoms with Crippen molar-refractivity contribution >= 4 is 38.4 Å². The van der Waals surface area contributed by atoms with Crippen molar-refractivity contribution in [3.63, 3.8) is 0 Å². The van der Waals surface area contributed by atoms with Gasteiger partial charge in [-0.15, -0.1) is 0 Å². The number of halogens is 2. The van der Waals surface area contributed by atoms with Crippen molar-refractivity contribution in [1.82, 2.24) is 9.78 Å². The molecule has 1 heterocycles. The molecule has 2 rings (SSSR count). The van der Waals surface area contributed by atoms with E-state index in [0.29, 0.717) is 0 Å². The Labute approximate surface area is 96.0 Å². The van der Waals surface area contributed by atoms with Gasteiger partial charge in [0.2, 0.25) is 0 Å². The molecule has 0 unspecified atom stereocenters. The van der Waals surface area contributed by atoms with Crippen molar-refractivity contribution < 1.29 is 0 Å². The van der Waals surface area contributed by atoms with Crippen LogP contribution in [0.15, 0.2) is 18.2 Å². The van der Waals surface area contributed by atoms with E-state index in [1.165, 1.54) is 5.69 Å². The maximum absolute atomic E-state index is 5.95. The number of aryl methyl sites for hydroxylation is 1. The number of fused-ring (bicyclic) bond motifs is 1. The van der Waals surface area contributed by atoms with Crippen molar-refractivity contribution in [2.75, 3.05) is 0 Å². The van der Waals surface area contributed by atoms with E-state index in [9.17, 15) is 0 Å². The minimum atomic E-state index is 0.760. The summed E-state index contributed by atoms with van der Waals surface area (Å²) < 4.78 is 2.00. The molecule has 4 heteroatoms. The highest BCUT2D eigenvalue weighted by Crippen LogP contribution is 2.24.